The molecule has 1 fully saturated rings. The zero-order valence-corrected chi connectivity index (χ0v) is 17.2. The van der Waals surface area contributed by atoms with Crippen molar-refractivity contribution in [3.63, 3.8) is 0 Å². The molecule has 2 aromatic rings. The summed E-state index contributed by atoms with van der Waals surface area (Å²) in [5.41, 5.74) is 1.24. The van der Waals surface area contributed by atoms with E-state index < -0.39 is 0 Å². The van der Waals surface area contributed by atoms with Crippen molar-refractivity contribution in [3.05, 3.63) is 63.1 Å². The van der Waals surface area contributed by atoms with Crippen molar-refractivity contribution in [1.29, 1.82) is 0 Å². The maximum atomic E-state index is 12.3. The van der Waals surface area contributed by atoms with Crippen LogP contribution in [0.3, 0.4) is 0 Å². The summed E-state index contributed by atoms with van der Waals surface area (Å²) >= 11 is 17.9. The Hall–Kier alpha value is -1.42. The van der Waals surface area contributed by atoms with Crippen molar-refractivity contribution in [2.45, 2.75) is 44.1 Å². The van der Waals surface area contributed by atoms with Gasteiger partial charge in [0.15, 0.2) is 0 Å². The number of hydrogen-bond donors (Lipinski definition) is 1. The second kappa shape index (κ2) is 9.68. The lowest BCUT2D eigenvalue weighted by molar-refractivity contribution is -0.122. The fourth-order valence-corrected chi connectivity index (χ4v) is 4.12. The van der Waals surface area contributed by atoms with Crippen molar-refractivity contribution in [2.75, 3.05) is 6.61 Å². The number of ether oxygens (including phenoxy) is 1. The van der Waals surface area contributed by atoms with E-state index in [1.54, 1.807) is 18.2 Å². The third-order valence-electron chi connectivity index (χ3n) is 4.86. The van der Waals surface area contributed by atoms with Gasteiger partial charge in [0.1, 0.15) is 5.75 Å². The second-order valence-electron chi connectivity index (χ2n) is 6.79. The molecule has 0 heterocycles. The van der Waals surface area contributed by atoms with E-state index in [4.69, 9.17) is 39.5 Å². The van der Waals surface area contributed by atoms with Crippen LogP contribution in [0, 0.1) is 0 Å². The molecular formula is C21H22Cl3NO2. The van der Waals surface area contributed by atoms with Gasteiger partial charge in [0.05, 0.1) is 11.6 Å². The zero-order valence-electron chi connectivity index (χ0n) is 14.9. The van der Waals surface area contributed by atoms with Crippen LogP contribution in [-0.2, 0) is 4.79 Å². The second-order valence-corrected chi connectivity index (χ2v) is 8.07. The van der Waals surface area contributed by atoms with Gasteiger partial charge < -0.3 is 10.1 Å². The van der Waals surface area contributed by atoms with E-state index in [1.807, 2.05) is 12.1 Å². The van der Waals surface area contributed by atoms with Gasteiger partial charge in [-0.25, -0.2) is 0 Å². The topological polar surface area (TPSA) is 38.3 Å². The van der Waals surface area contributed by atoms with Crippen molar-refractivity contribution in [3.8, 4) is 5.75 Å². The normalized spacial score (nSPS) is 19.1. The van der Waals surface area contributed by atoms with E-state index in [0.29, 0.717) is 41.2 Å². The number of hydrogen-bond acceptors (Lipinski definition) is 2. The molecule has 0 aliphatic heterocycles. The lowest BCUT2D eigenvalue weighted by atomic mass is 9.94. The monoisotopic (exact) mass is 425 g/mol. The van der Waals surface area contributed by atoms with Crippen LogP contribution < -0.4 is 10.1 Å². The molecule has 144 valence electrons. The fraction of sp³-hybridized carbons (Fsp3) is 0.381. The number of nitrogens with one attached hydrogen (secondary N) is 1. The highest BCUT2D eigenvalue weighted by Gasteiger charge is 2.29. The summed E-state index contributed by atoms with van der Waals surface area (Å²) in [5, 5.41) is 4.97. The number of benzene rings is 2. The molecule has 0 saturated heterocycles. The van der Waals surface area contributed by atoms with Gasteiger partial charge in [-0.3, -0.25) is 4.79 Å². The smallest absolute Gasteiger partial charge is 0.220 e. The summed E-state index contributed by atoms with van der Waals surface area (Å²) in [7, 11) is 0. The van der Waals surface area contributed by atoms with E-state index in [9.17, 15) is 4.79 Å². The quantitative estimate of drug-likeness (QED) is 0.531. The van der Waals surface area contributed by atoms with Crippen LogP contribution in [0.4, 0.5) is 0 Å². The molecule has 1 aliphatic carbocycles. The Balaban J connectivity index is 1.44. The average Bonchev–Trinajstić information content (AvgIpc) is 3.09. The minimum absolute atomic E-state index is 0.0617. The van der Waals surface area contributed by atoms with Crippen LogP contribution in [-0.4, -0.2) is 18.6 Å². The summed E-state index contributed by atoms with van der Waals surface area (Å²) in [4.78, 5) is 12.3. The van der Waals surface area contributed by atoms with Gasteiger partial charge in [0.2, 0.25) is 5.91 Å². The summed E-state index contributed by atoms with van der Waals surface area (Å²) in [6, 6.07) is 13.2. The Labute approximate surface area is 175 Å². The molecule has 3 nitrogen and oxygen atoms in total. The molecule has 1 unspecified atom stereocenters. The van der Waals surface area contributed by atoms with E-state index in [0.717, 1.165) is 24.3 Å². The molecule has 1 N–H and O–H groups in total. The first-order valence-corrected chi connectivity index (χ1v) is 10.3. The molecule has 3 rings (SSSR count). The molecule has 6 heteroatoms. The summed E-state index contributed by atoms with van der Waals surface area (Å²) in [6.45, 7) is 0.431. The van der Waals surface area contributed by atoms with Crippen LogP contribution in [0.15, 0.2) is 42.5 Å². The molecule has 0 radical (unpaired) electrons. The van der Waals surface area contributed by atoms with Gasteiger partial charge in [-0.15, -0.1) is 0 Å². The van der Waals surface area contributed by atoms with Crippen LogP contribution in [0.5, 0.6) is 5.75 Å². The average molecular weight is 427 g/mol. The predicted molar refractivity (Wildman–Crippen MR) is 111 cm³/mol. The fourth-order valence-electron chi connectivity index (χ4n) is 3.53. The van der Waals surface area contributed by atoms with E-state index in [1.165, 1.54) is 5.56 Å². The number of rotatable bonds is 7. The van der Waals surface area contributed by atoms with Gasteiger partial charge >= 0.3 is 0 Å². The standard InChI is InChI=1S/C21H22Cl3NO2/c22-15-8-6-14(7-9-15)17-3-1-4-19(17)25-21(26)5-2-12-27-20-11-10-16(23)13-18(20)24/h6-11,13,17,19H,1-5,12H2,(H,25,26)/t17?,19-/m1/s1. The van der Waals surface area contributed by atoms with E-state index in [2.05, 4.69) is 17.4 Å². The Bertz CT molecular complexity index is 779. The highest BCUT2D eigenvalue weighted by Crippen LogP contribution is 2.35. The Morgan fingerprint density at radius 2 is 1.78 bits per heavy atom. The van der Waals surface area contributed by atoms with Crippen molar-refractivity contribution in [2.24, 2.45) is 0 Å². The minimum Gasteiger partial charge on any atom is -0.492 e. The van der Waals surface area contributed by atoms with Gasteiger partial charge in [-0.2, -0.15) is 0 Å². The maximum absolute atomic E-state index is 12.3. The first-order chi connectivity index (χ1) is 13.0. The number of carbonyl (C=O) groups excluding carboxylic acids is 1. The SMILES string of the molecule is O=C(CCCOc1ccc(Cl)cc1Cl)N[C@@H]1CCCC1c1ccc(Cl)cc1. The van der Waals surface area contributed by atoms with E-state index in [-0.39, 0.29) is 11.9 Å². The molecule has 2 atom stereocenters. The molecule has 1 aliphatic rings. The van der Waals surface area contributed by atoms with Crippen LogP contribution in [0.1, 0.15) is 43.6 Å². The molecule has 1 amide bonds. The van der Waals surface area contributed by atoms with Crippen molar-refractivity contribution >= 4 is 40.7 Å². The van der Waals surface area contributed by atoms with Crippen LogP contribution in [0.2, 0.25) is 15.1 Å². The third kappa shape index (κ3) is 5.78. The number of amides is 1. The highest BCUT2D eigenvalue weighted by molar-refractivity contribution is 6.35. The summed E-state index contributed by atoms with van der Waals surface area (Å²) < 4.78 is 5.63. The first kappa shape index (κ1) is 20.3. The van der Waals surface area contributed by atoms with Gasteiger partial charge in [0, 0.05) is 28.4 Å². The Morgan fingerprint density at radius 3 is 2.52 bits per heavy atom. The van der Waals surface area contributed by atoms with E-state index >= 15 is 0 Å². The largest absolute Gasteiger partial charge is 0.492 e. The van der Waals surface area contributed by atoms with Crippen molar-refractivity contribution in [1.82, 2.24) is 5.32 Å². The third-order valence-corrected chi connectivity index (χ3v) is 5.64. The minimum atomic E-state index is 0.0617. The first-order valence-electron chi connectivity index (χ1n) is 9.15. The van der Waals surface area contributed by atoms with Crippen LogP contribution in [0.25, 0.3) is 0 Å². The molecule has 27 heavy (non-hydrogen) atoms. The molecule has 0 bridgehead atoms. The lowest BCUT2D eigenvalue weighted by Crippen LogP contribution is -2.36. The summed E-state index contributed by atoms with van der Waals surface area (Å²) in [6.07, 6.45) is 4.27. The van der Waals surface area contributed by atoms with Gasteiger partial charge in [-0.05, 0) is 55.2 Å². The zero-order chi connectivity index (χ0) is 19.2. The van der Waals surface area contributed by atoms with Gasteiger partial charge in [0.25, 0.3) is 0 Å². The predicted octanol–water partition coefficient (Wildman–Crippen LogP) is 6.26. The Morgan fingerprint density at radius 1 is 1.04 bits per heavy atom. The maximum Gasteiger partial charge on any atom is 0.220 e. The molecular weight excluding hydrogens is 405 g/mol. The van der Waals surface area contributed by atoms with Crippen molar-refractivity contribution < 1.29 is 9.53 Å². The Kier molecular flexibility index (Phi) is 7.28. The molecule has 2 aromatic carbocycles. The molecule has 0 spiro atoms. The highest BCUT2D eigenvalue weighted by atomic mass is 35.5. The van der Waals surface area contributed by atoms with Crippen LogP contribution >= 0.6 is 34.8 Å². The summed E-state index contributed by atoms with van der Waals surface area (Å²) in [5.74, 6) is 1.00. The van der Waals surface area contributed by atoms with Gasteiger partial charge in [-0.1, -0.05) is 53.4 Å². The lowest BCUT2D eigenvalue weighted by Gasteiger charge is -2.21. The number of halogens is 3. The number of carbonyl (C=O) groups is 1. The molecule has 1 saturated carbocycles. The molecule has 0 aromatic heterocycles.